The lowest BCUT2D eigenvalue weighted by Crippen LogP contribution is -2.43. The molecule has 0 saturated carbocycles. The number of carbonyl (C=O) groups excluding carboxylic acids is 1. The molecule has 0 atom stereocenters. The summed E-state index contributed by atoms with van der Waals surface area (Å²) in [7, 11) is -3.05. The first-order valence-corrected chi connectivity index (χ1v) is 8.38. The number of rotatable bonds is 1. The van der Waals surface area contributed by atoms with Crippen LogP contribution in [0, 0.1) is 12.7 Å². The van der Waals surface area contributed by atoms with E-state index in [1.807, 2.05) is 0 Å². The summed E-state index contributed by atoms with van der Waals surface area (Å²) in [6.07, 6.45) is 0. The molecule has 0 bridgehead atoms. The summed E-state index contributed by atoms with van der Waals surface area (Å²) in [5.74, 6) is -0.664. The summed E-state index contributed by atoms with van der Waals surface area (Å²) in [5, 5.41) is 0.558. The first-order chi connectivity index (χ1) is 9.87. The molecule has 1 aromatic heterocycles. The molecule has 5 nitrogen and oxygen atoms in total. The highest BCUT2D eigenvalue weighted by Gasteiger charge is 2.29. The number of hydrogen-bond donors (Lipinski definition) is 0. The average molecular weight is 311 g/mol. The van der Waals surface area contributed by atoms with Gasteiger partial charge in [0.05, 0.1) is 11.5 Å². The molecular weight excluding hydrogens is 297 g/mol. The van der Waals surface area contributed by atoms with Crippen LogP contribution in [0.2, 0.25) is 0 Å². The van der Waals surface area contributed by atoms with E-state index in [-0.39, 0.29) is 36.3 Å². The highest BCUT2D eigenvalue weighted by atomic mass is 32.2. The van der Waals surface area contributed by atoms with Gasteiger partial charge in [0.1, 0.15) is 11.4 Å². The maximum Gasteiger partial charge on any atom is 0.289 e. The van der Waals surface area contributed by atoms with Crippen molar-refractivity contribution in [3.8, 4) is 0 Å². The minimum absolute atomic E-state index is 0.0351. The van der Waals surface area contributed by atoms with Gasteiger partial charge in [-0.1, -0.05) is 0 Å². The van der Waals surface area contributed by atoms with E-state index < -0.39 is 15.7 Å². The molecule has 1 aliphatic rings. The first-order valence-electron chi connectivity index (χ1n) is 6.56. The van der Waals surface area contributed by atoms with E-state index in [0.717, 1.165) is 0 Å². The standard InChI is InChI=1S/C14H14FNO4S/c1-9-11-8-10(15)2-3-12(11)20-13(9)14(17)16-4-6-21(18,19)7-5-16/h2-3,8H,4-7H2,1H3. The number of sulfone groups is 1. The van der Waals surface area contributed by atoms with Crippen LogP contribution in [0.15, 0.2) is 22.6 Å². The lowest BCUT2D eigenvalue weighted by molar-refractivity contribution is 0.0740. The fourth-order valence-corrected chi connectivity index (χ4v) is 3.66. The summed E-state index contributed by atoms with van der Waals surface area (Å²) < 4.78 is 41.6. The van der Waals surface area contributed by atoms with Crippen LogP contribution >= 0.6 is 0 Å². The Morgan fingerprint density at radius 3 is 2.62 bits per heavy atom. The highest BCUT2D eigenvalue weighted by Crippen LogP contribution is 2.27. The lowest BCUT2D eigenvalue weighted by Gasteiger charge is -2.26. The number of amides is 1. The molecule has 21 heavy (non-hydrogen) atoms. The lowest BCUT2D eigenvalue weighted by atomic mass is 10.1. The maximum absolute atomic E-state index is 13.3. The Kier molecular flexibility index (Phi) is 3.24. The smallest absolute Gasteiger partial charge is 0.289 e. The average Bonchev–Trinajstić information content (AvgIpc) is 2.75. The second kappa shape index (κ2) is 4.84. The zero-order valence-corrected chi connectivity index (χ0v) is 12.2. The quantitative estimate of drug-likeness (QED) is 0.804. The fraction of sp³-hybridized carbons (Fsp3) is 0.357. The van der Waals surface area contributed by atoms with E-state index in [9.17, 15) is 17.6 Å². The molecule has 0 aliphatic carbocycles. The van der Waals surface area contributed by atoms with Crippen molar-refractivity contribution in [1.82, 2.24) is 4.90 Å². The van der Waals surface area contributed by atoms with Gasteiger partial charge in [-0.05, 0) is 25.1 Å². The van der Waals surface area contributed by atoms with Crippen LogP contribution in [0.5, 0.6) is 0 Å². The third kappa shape index (κ3) is 2.53. The molecule has 1 aromatic carbocycles. The van der Waals surface area contributed by atoms with E-state index in [2.05, 4.69) is 0 Å². The summed E-state index contributed by atoms with van der Waals surface area (Å²) >= 11 is 0. The van der Waals surface area contributed by atoms with Gasteiger partial charge < -0.3 is 9.32 Å². The zero-order chi connectivity index (χ0) is 15.2. The van der Waals surface area contributed by atoms with Gasteiger partial charge in [0.2, 0.25) is 0 Å². The molecule has 1 fully saturated rings. The van der Waals surface area contributed by atoms with E-state index in [4.69, 9.17) is 4.42 Å². The van der Waals surface area contributed by atoms with Crippen molar-refractivity contribution in [3.63, 3.8) is 0 Å². The van der Waals surface area contributed by atoms with Gasteiger partial charge in [0.25, 0.3) is 5.91 Å². The van der Waals surface area contributed by atoms with Gasteiger partial charge in [-0.3, -0.25) is 4.79 Å². The second-order valence-corrected chi connectivity index (χ2v) is 7.44. The normalized spacial score (nSPS) is 18.1. The Morgan fingerprint density at radius 1 is 1.29 bits per heavy atom. The number of fused-ring (bicyclic) bond motifs is 1. The van der Waals surface area contributed by atoms with Crippen molar-refractivity contribution in [3.05, 3.63) is 35.3 Å². The van der Waals surface area contributed by atoms with Crippen LogP contribution < -0.4 is 0 Å². The number of nitrogens with zero attached hydrogens (tertiary/aromatic N) is 1. The second-order valence-electron chi connectivity index (χ2n) is 5.14. The van der Waals surface area contributed by atoms with Gasteiger partial charge in [-0.15, -0.1) is 0 Å². The monoisotopic (exact) mass is 311 g/mol. The van der Waals surface area contributed by atoms with Gasteiger partial charge in [0.15, 0.2) is 15.6 Å². The minimum Gasteiger partial charge on any atom is -0.451 e. The predicted molar refractivity (Wildman–Crippen MR) is 75.5 cm³/mol. The number of carbonyl (C=O) groups is 1. The van der Waals surface area contributed by atoms with E-state index in [1.165, 1.54) is 23.1 Å². The third-order valence-electron chi connectivity index (χ3n) is 3.72. The van der Waals surface area contributed by atoms with Crippen molar-refractivity contribution >= 4 is 26.7 Å². The summed E-state index contributed by atoms with van der Waals surface area (Å²) in [5.41, 5.74) is 1.02. The van der Waals surface area contributed by atoms with Crippen LogP contribution in [0.3, 0.4) is 0 Å². The van der Waals surface area contributed by atoms with Crippen LogP contribution in [0.4, 0.5) is 4.39 Å². The van der Waals surface area contributed by atoms with Crippen LogP contribution in [0.1, 0.15) is 16.1 Å². The number of furan rings is 1. The molecule has 0 radical (unpaired) electrons. The topological polar surface area (TPSA) is 67.6 Å². The molecule has 1 aliphatic heterocycles. The first kappa shape index (κ1) is 14.1. The van der Waals surface area contributed by atoms with Gasteiger partial charge in [0, 0.05) is 24.0 Å². The summed E-state index contributed by atoms with van der Waals surface area (Å²) in [6.45, 7) is 2.01. The summed E-state index contributed by atoms with van der Waals surface area (Å²) in [4.78, 5) is 13.9. The van der Waals surface area contributed by atoms with Crippen LogP contribution in [-0.2, 0) is 9.84 Å². The Labute approximate surface area is 121 Å². The highest BCUT2D eigenvalue weighted by molar-refractivity contribution is 7.91. The van der Waals surface area contributed by atoms with E-state index >= 15 is 0 Å². The maximum atomic E-state index is 13.3. The molecule has 1 saturated heterocycles. The van der Waals surface area contributed by atoms with Crippen LogP contribution in [-0.4, -0.2) is 43.8 Å². The Balaban J connectivity index is 1.93. The molecule has 0 spiro atoms. The van der Waals surface area contributed by atoms with Gasteiger partial charge in [-0.25, -0.2) is 12.8 Å². The minimum atomic E-state index is -3.05. The number of hydrogen-bond acceptors (Lipinski definition) is 4. The fourth-order valence-electron chi connectivity index (χ4n) is 2.46. The van der Waals surface area contributed by atoms with Crippen molar-refractivity contribution in [1.29, 1.82) is 0 Å². The number of halogens is 1. The largest absolute Gasteiger partial charge is 0.451 e. The summed E-state index contributed by atoms with van der Waals surface area (Å²) in [6, 6.07) is 4.08. The van der Waals surface area contributed by atoms with E-state index in [0.29, 0.717) is 16.5 Å². The van der Waals surface area contributed by atoms with Gasteiger partial charge >= 0.3 is 0 Å². The molecule has 0 N–H and O–H groups in total. The van der Waals surface area contributed by atoms with Crippen molar-refractivity contribution in [2.24, 2.45) is 0 Å². The molecule has 2 aromatic rings. The Hall–Kier alpha value is -1.89. The molecule has 112 valence electrons. The number of aryl methyl sites for hydroxylation is 1. The van der Waals surface area contributed by atoms with Crippen LogP contribution in [0.25, 0.3) is 11.0 Å². The van der Waals surface area contributed by atoms with Crippen molar-refractivity contribution < 1.29 is 22.0 Å². The molecule has 2 heterocycles. The van der Waals surface area contributed by atoms with Crippen molar-refractivity contribution in [2.75, 3.05) is 24.6 Å². The molecular formula is C14H14FNO4S. The molecule has 0 unspecified atom stereocenters. The van der Waals surface area contributed by atoms with E-state index in [1.54, 1.807) is 6.92 Å². The van der Waals surface area contributed by atoms with Gasteiger partial charge in [-0.2, -0.15) is 0 Å². The molecule has 7 heteroatoms. The SMILES string of the molecule is Cc1c(C(=O)N2CCS(=O)(=O)CC2)oc2ccc(F)cc12. The Bertz CT molecular complexity index is 811. The van der Waals surface area contributed by atoms with Crippen molar-refractivity contribution in [2.45, 2.75) is 6.92 Å². The third-order valence-corrected chi connectivity index (χ3v) is 5.33. The molecule has 3 rings (SSSR count). The molecule has 1 amide bonds. The zero-order valence-electron chi connectivity index (χ0n) is 11.4. The number of benzene rings is 1. The Morgan fingerprint density at radius 2 is 1.95 bits per heavy atom. The predicted octanol–water partition coefficient (Wildman–Crippen LogP) is 1.75.